The molecule has 0 bridgehead atoms. The molecule has 40 heavy (non-hydrogen) atoms. The average molecular weight is 559 g/mol. The van der Waals surface area contributed by atoms with E-state index in [9.17, 15) is 9.18 Å². The van der Waals surface area contributed by atoms with Crippen LogP contribution >= 0.6 is 0 Å². The summed E-state index contributed by atoms with van der Waals surface area (Å²) in [4.78, 5) is 12.6. The number of ether oxygens (including phenoxy) is 3. The van der Waals surface area contributed by atoms with E-state index in [0.29, 0.717) is 49.8 Å². The van der Waals surface area contributed by atoms with Gasteiger partial charge in [-0.15, -0.1) is 6.58 Å². The van der Waals surface area contributed by atoms with Gasteiger partial charge in [-0.1, -0.05) is 31.6 Å². The van der Waals surface area contributed by atoms with E-state index < -0.39 is 23.4 Å². The zero-order valence-corrected chi connectivity index (χ0v) is 23.4. The Kier molecular flexibility index (Phi) is 11.1. The average Bonchev–Trinajstić information content (AvgIpc) is 2.96. The van der Waals surface area contributed by atoms with Crippen molar-refractivity contribution < 1.29 is 32.2 Å². The lowest BCUT2D eigenvalue weighted by atomic mass is 9.79. The molecule has 2 aliphatic rings. The summed E-state index contributed by atoms with van der Waals surface area (Å²) in [5.74, 6) is -2.75. The van der Waals surface area contributed by atoms with Crippen molar-refractivity contribution in [1.82, 2.24) is 0 Å². The second-order valence-electron chi connectivity index (χ2n) is 11.0. The fourth-order valence-electron chi connectivity index (χ4n) is 5.85. The van der Waals surface area contributed by atoms with Crippen LogP contribution in [0.3, 0.4) is 0 Å². The molecule has 0 atom stereocenters. The predicted octanol–water partition coefficient (Wildman–Crippen LogP) is 8.78. The highest BCUT2D eigenvalue weighted by molar-refractivity contribution is 5.89. The van der Waals surface area contributed by atoms with Crippen LogP contribution in [0.15, 0.2) is 43.0 Å². The van der Waals surface area contributed by atoms with Gasteiger partial charge in [0.15, 0.2) is 23.2 Å². The fraction of sp³-hybridized carbons (Fsp3) is 0.545. The van der Waals surface area contributed by atoms with E-state index >= 15 is 8.78 Å². The maximum atomic E-state index is 15.2. The number of carbonyl (C=O) groups excluding carboxylic acids is 1. The lowest BCUT2D eigenvalue weighted by molar-refractivity contribution is 0.0192. The first kappa shape index (κ1) is 30.2. The van der Waals surface area contributed by atoms with Crippen LogP contribution in [0, 0.1) is 17.5 Å². The molecule has 7 heteroatoms. The third kappa shape index (κ3) is 7.68. The molecular weight excluding hydrogens is 517 g/mol. The van der Waals surface area contributed by atoms with Gasteiger partial charge in [-0.25, -0.2) is 18.0 Å². The van der Waals surface area contributed by atoms with Crippen molar-refractivity contribution in [2.24, 2.45) is 0 Å². The van der Waals surface area contributed by atoms with Crippen LogP contribution in [-0.2, 0) is 9.47 Å². The van der Waals surface area contributed by atoms with Crippen molar-refractivity contribution in [2.75, 3.05) is 13.2 Å². The fourth-order valence-corrected chi connectivity index (χ4v) is 5.85. The lowest BCUT2D eigenvalue weighted by Crippen LogP contribution is -2.25. The van der Waals surface area contributed by atoms with Crippen molar-refractivity contribution in [3.63, 3.8) is 0 Å². The van der Waals surface area contributed by atoms with Crippen molar-refractivity contribution in [3.05, 3.63) is 77.1 Å². The van der Waals surface area contributed by atoms with Crippen LogP contribution in [-0.4, -0.2) is 31.4 Å². The standard InChI is InChI=1S/C33H41F3O4/c1-3-5-19-38-25-12-7-22(8-13-25)27-16-17-28(32(36)31(27)35)23-9-14-26(15-10-23)40-33(37)24-11-18-30(29(34)21-24)39-20-6-4-2/h4,11,16-18,21-23,25-26H,2-3,5-10,12-15,19-20H2,1H3. The molecule has 2 aromatic rings. The SMILES string of the molecule is C=CCCOc1ccc(C(=O)OC2CCC(c3ccc(C4CCC(OCCCC)CC4)c(F)c3F)CC2)cc1F. The molecule has 2 aliphatic carbocycles. The number of unbranched alkanes of at least 4 members (excludes halogenated alkanes) is 1. The lowest BCUT2D eigenvalue weighted by Gasteiger charge is -2.31. The van der Waals surface area contributed by atoms with Crippen LogP contribution in [0.4, 0.5) is 13.2 Å². The number of hydrogen-bond acceptors (Lipinski definition) is 4. The van der Waals surface area contributed by atoms with E-state index in [2.05, 4.69) is 13.5 Å². The summed E-state index contributed by atoms with van der Waals surface area (Å²) in [6, 6.07) is 7.52. The van der Waals surface area contributed by atoms with Crippen LogP contribution < -0.4 is 4.74 Å². The Bertz CT molecular complexity index is 1130. The summed E-state index contributed by atoms with van der Waals surface area (Å²) in [7, 11) is 0. The van der Waals surface area contributed by atoms with Crippen LogP contribution in [0.5, 0.6) is 5.75 Å². The molecule has 0 aliphatic heterocycles. The van der Waals surface area contributed by atoms with Gasteiger partial charge in [0.1, 0.15) is 6.10 Å². The minimum absolute atomic E-state index is 0.0160. The molecule has 4 rings (SSSR count). The smallest absolute Gasteiger partial charge is 0.338 e. The van der Waals surface area contributed by atoms with Crippen LogP contribution in [0.1, 0.15) is 111 Å². The van der Waals surface area contributed by atoms with E-state index in [1.807, 2.05) is 0 Å². The summed E-state index contributed by atoms with van der Waals surface area (Å²) >= 11 is 0. The Labute approximate surface area is 235 Å². The largest absolute Gasteiger partial charge is 0.490 e. The zero-order chi connectivity index (χ0) is 28.5. The maximum absolute atomic E-state index is 15.2. The number of rotatable bonds is 12. The molecule has 4 nitrogen and oxygen atoms in total. The van der Waals surface area contributed by atoms with Gasteiger partial charge in [0, 0.05) is 6.61 Å². The van der Waals surface area contributed by atoms with Gasteiger partial charge in [0.2, 0.25) is 0 Å². The first-order valence-electron chi connectivity index (χ1n) is 14.7. The first-order chi connectivity index (χ1) is 19.4. The second kappa shape index (κ2) is 14.7. The first-order valence-corrected chi connectivity index (χ1v) is 14.7. The molecule has 218 valence electrons. The molecule has 2 saturated carbocycles. The normalized spacial score (nSPS) is 23.0. The van der Waals surface area contributed by atoms with Gasteiger partial charge in [-0.3, -0.25) is 0 Å². The number of esters is 1. The van der Waals surface area contributed by atoms with Crippen molar-refractivity contribution in [1.29, 1.82) is 0 Å². The van der Waals surface area contributed by atoms with Gasteiger partial charge < -0.3 is 14.2 Å². The van der Waals surface area contributed by atoms with Crippen LogP contribution in [0.25, 0.3) is 0 Å². The molecule has 0 unspecified atom stereocenters. The van der Waals surface area contributed by atoms with Crippen molar-refractivity contribution in [3.8, 4) is 5.75 Å². The zero-order valence-electron chi connectivity index (χ0n) is 23.4. The molecule has 0 heterocycles. The van der Waals surface area contributed by atoms with E-state index in [1.54, 1.807) is 18.2 Å². The van der Waals surface area contributed by atoms with Gasteiger partial charge >= 0.3 is 5.97 Å². The number of halogens is 3. The Morgan fingerprint density at radius 2 is 1.48 bits per heavy atom. The van der Waals surface area contributed by atoms with Crippen molar-refractivity contribution >= 4 is 5.97 Å². The quantitative estimate of drug-likeness (QED) is 0.148. The summed E-state index contributed by atoms with van der Waals surface area (Å²) < 4.78 is 61.6. The monoisotopic (exact) mass is 558 g/mol. The molecule has 2 fully saturated rings. The van der Waals surface area contributed by atoms with Gasteiger partial charge in [-0.05, 0) is 105 Å². The Morgan fingerprint density at radius 3 is 2.02 bits per heavy atom. The van der Waals surface area contributed by atoms with Gasteiger partial charge in [-0.2, -0.15) is 0 Å². The Hall–Kier alpha value is -2.80. The highest BCUT2D eigenvalue weighted by Crippen LogP contribution is 2.40. The molecule has 0 N–H and O–H groups in total. The highest BCUT2D eigenvalue weighted by atomic mass is 19.2. The van der Waals surface area contributed by atoms with Gasteiger partial charge in [0.05, 0.1) is 18.3 Å². The van der Waals surface area contributed by atoms with Crippen LogP contribution in [0.2, 0.25) is 0 Å². The molecular formula is C33H41F3O4. The van der Waals surface area contributed by atoms with E-state index in [-0.39, 0.29) is 35.4 Å². The molecule has 0 spiro atoms. The number of carbonyl (C=O) groups is 1. The summed E-state index contributed by atoms with van der Waals surface area (Å²) in [6.45, 7) is 6.80. The molecule has 0 amide bonds. The molecule has 0 saturated heterocycles. The molecule has 2 aromatic carbocycles. The predicted molar refractivity (Wildman–Crippen MR) is 149 cm³/mol. The van der Waals surface area contributed by atoms with Gasteiger partial charge in [0.25, 0.3) is 0 Å². The minimum Gasteiger partial charge on any atom is -0.490 e. The molecule has 0 aromatic heterocycles. The summed E-state index contributed by atoms with van der Waals surface area (Å²) in [6.07, 6.45) is 9.87. The Morgan fingerprint density at radius 1 is 0.875 bits per heavy atom. The third-order valence-corrected chi connectivity index (χ3v) is 8.24. The Balaban J connectivity index is 1.28. The summed E-state index contributed by atoms with van der Waals surface area (Å²) in [5.41, 5.74) is 0.984. The number of hydrogen-bond donors (Lipinski definition) is 0. The second-order valence-corrected chi connectivity index (χ2v) is 11.0. The third-order valence-electron chi connectivity index (χ3n) is 8.24. The number of benzene rings is 2. The minimum atomic E-state index is -0.745. The highest BCUT2D eigenvalue weighted by Gasteiger charge is 2.31. The van der Waals surface area contributed by atoms with E-state index in [1.165, 1.54) is 12.1 Å². The van der Waals surface area contributed by atoms with Crippen molar-refractivity contribution in [2.45, 2.75) is 102 Å². The summed E-state index contributed by atoms with van der Waals surface area (Å²) in [5, 5.41) is 0. The van der Waals surface area contributed by atoms with E-state index in [4.69, 9.17) is 14.2 Å². The maximum Gasteiger partial charge on any atom is 0.338 e. The topological polar surface area (TPSA) is 44.8 Å². The molecule has 0 radical (unpaired) electrons. The van der Waals surface area contributed by atoms with E-state index in [0.717, 1.165) is 51.2 Å².